The normalized spacial score (nSPS) is 14.8. The summed E-state index contributed by atoms with van der Waals surface area (Å²) in [5.41, 5.74) is 6.90. The fourth-order valence-electron chi connectivity index (χ4n) is 1.55. The van der Waals surface area contributed by atoms with Gasteiger partial charge in [-0.15, -0.1) is 0 Å². The van der Waals surface area contributed by atoms with E-state index >= 15 is 0 Å². The number of rotatable bonds is 1. The summed E-state index contributed by atoms with van der Waals surface area (Å²) in [7, 11) is 0. The van der Waals surface area contributed by atoms with Gasteiger partial charge in [-0.05, 0) is 12.0 Å². The second-order valence-corrected chi connectivity index (χ2v) is 2.84. The molecule has 0 spiro atoms. The van der Waals surface area contributed by atoms with E-state index < -0.39 is 5.91 Å². The lowest BCUT2D eigenvalue weighted by molar-refractivity contribution is 0.0984. The van der Waals surface area contributed by atoms with E-state index in [2.05, 4.69) is 4.98 Å². The largest absolute Gasteiger partial charge is 0.366 e. The molecule has 1 aromatic rings. The van der Waals surface area contributed by atoms with E-state index in [-0.39, 0.29) is 5.78 Å². The Hall–Kier alpha value is -1.58. The van der Waals surface area contributed by atoms with Gasteiger partial charge in [0.1, 0.15) is 0 Å². The Morgan fingerprint density at radius 1 is 1.50 bits per heavy atom. The van der Waals surface area contributed by atoms with E-state index in [1.54, 1.807) is 0 Å². The van der Waals surface area contributed by atoms with Gasteiger partial charge in [0.15, 0.2) is 5.78 Å². The summed E-state index contributed by atoms with van der Waals surface area (Å²) in [6.45, 7) is 0. The number of aromatic nitrogens is 1. The van der Waals surface area contributed by atoms with Gasteiger partial charge >= 0.3 is 0 Å². The van der Waals surface area contributed by atoms with E-state index in [4.69, 9.17) is 5.73 Å². The molecule has 12 heavy (non-hydrogen) atoms. The number of carbonyl (C=O) groups excluding carboxylic acids is 2. The zero-order valence-electron chi connectivity index (χ0n) is 6.39. The van der Waals surface area contributed by atoms with E-state index in [1.807, 2.05) is 0 Å². The molecule has 0 atom stereocenters. The maximum absolute atomic E-state index is 11.1. The Kier molecular flexibility index (Phi) is 1.30. The summed E-state index contributed by atoms with van der Waals surface area (Å²) in [4.78, 5) is 24.7. The van der Waals surface area contributed by atoms with E-state index in [9.17, 15) is 9.59 Å². The van der Waals surface area contributed by atoms with Gasteiger partial charge in [0, 0.05) is 12.6 Å². The summed E-state index contributed by atoms with van der Waals surface area (Å²) in [5.74, 6) is -0.403. The molecule has 0 saturated heterocycles. The smallest absolute Gasteiger partial charge is 0.250 e. The quantitative estimate of drug-likeness (QED) is 0.623. The molecule has 0 bridgehead atoms. The minimum absolute atomic E-state index is 0.0671. The van der Waals surface area contributed by atoms with Crippen molar-refractivity contribution in [3.05, 3.63) is 23.0 Å². The number of Topliss-reactive ketones (excluding diaryl/α,β-unsaturated/α-hetero) is 1. The highest BCUT2D eigenvalue weighted by atomic mass is 16.1. The molecule has 1 aliphatic rings. The van der Waals surface area contributed by atoms with Crippen molar-refractivity contribution >= 4 is 11.7 Å². The lowest BCUT2D eigenvalue weighted by atomic mass is 10.1. The van der Waals surface area contributed by atoms with Crippen LogP contribution in [0.15, 0.2) is 6.20 Å². The van der Waals surface area contributed by atoms with Crippen LogP contribution in [0.5, 0.6) is 0 Å². The predicted octanol–water partition coefficient (Wildman–Crippen LogP) is 0.243. The predicted molar refractivity (Wildman–Crippen MR) is 42.0 cm³/mol. The van der Waals surface area contributed by atoms with Crippen LogP contribution in [0.25, 0.3) is 0 Å². The fraction of sp³-hybridized carbons (Fsp3) is 0.250. The van der Waals surface area contributed by atoms with Gasteiger partial charge in [-0.3, -0.25) is 9.59 Å². The Labute approximate surface area is 68.8 Å². The average Bonchev–Trinajstić information content (AvgIpc) is 2.53. The van der Waals surface area contributed by atoms with Crippen molar-refractivity contribution in [1.29, 1.82) is 0 Å². The Balaban J connectivity index is 2.56. The van der Waals surface area contributed by atoms with Crippen molar-refractivity contribution in [3.63, 3.8) is 0 Å². The fourth-order valence-corrected chi connectivity index (χ4v) is 1.55. The second-order valence-electron chi connectivity index (χ2n) is 2.84. The summed E-state index contributed by atoms with van der Waals surface area (Å²) >= 11 is 0. The highest BCUT2D eigenvalue weighted by Crippen LogP contribution is 2.23. The maximum Gasteiger partial charge on any atom is 0.250 e. The van der Waals surface area contributed by atoms with Crippen LogP contribution in [-0.2, 0) is 6.42 Å². The standard InChI is InChI=1S/C8H8N2O2/c9-8(12)5-3-10-7-4(5)1-2-6(7)11/h3,10H,1-2H2,(H2,9,12). The molecule has 0 fully saturated rings. The van der Waals surface area contributed by atoms with Crippen LogP contribution in [0, 0.1) is 0 Å². The molecule has 0 saturated carbocycles. The van der Waals surface area contributed by atoms with Gasteiger partial charge in [-0.2, -0.15) is 0 Å². The number of primary amides is 1. The number of fused-ring (bicyclic) bond motifs is 1. The Bertz CT molecular complexity index is 365. The molecule has 0 aromatic carbocycles. The first-order chi connectivity index (χ1) is 5.70. The lowest BCUT2D eigenvalue weighted by Gasteiger charge is -1.91. The van der Waals surface area contributed by atoms with E-state index in [0.29, 0.717) is 24.1 Å². The van der Waals surface area contributed by atoms with Crippen LogP contribution < -0.4 is 5.73 Å². The van der Waals surface area contributed by atoms with Gasteiger partial charge in [0.2, 0.25) is 0 Å². The van der Waals surface area contributed by atoms with Crippen LogP contribution in [-0.4, -0.2) is 16.7 Å². The van der Waals surface area contributed by atoms with Crippen LogP contribution in [0.4, 0.5) is 0 Å². The molecule has 0 radical (unpaired) electrons. The van der Waals surface area contributed by atoms with Crippen molar-refractivity contribution in [2.45, 2.75) is 12.8 Å². The van der Waals surface area contributed by atoms with Gasteiger partial charge in [-0.25, -0.2) is 0 Å². The van der Waals surface area contributed by atoms with Crippen LogP contribution >= 0.6 is 0 Å². The molecule has 1 aliphatic carbocycles. The Morgan fingerprint density at radius 3 is 2.92 bits per heavy atom. The molecular formula is C8H8N2O2. The number of ketones is 1. The highest BCUT2D eigenvalue weighted by Gasteiger charge is 2.25. The molecule has 4 heteroatoms. The van der Waals surface area contributed by atoms with Gasteiger partial charge < -0.3 is 10.7 Å². The first kappa shape index (κ1) is 7.09. The summed E-state index contributed by atoms with van der Waals surface area (Å²) in [5, 5.41) is 0. The SMILES string of the molecule is NC(=O)c1c[nH]c2c1CCC2=O. The minimum atomic E-state index is -0.470. The molecule has 1 amide bonds. The molecule has 1 heterocycles. The van der Waals surface area contributed by atoms with Gasteiger partial charge in [0.05, 0.1) is 11.3 Å². The molecule has 1 aromatic heterocycles. The topological polar surface area (TPSA) is 76.0 Å². The number of aromatic amines is 1. The first-order valence-corrected chi connectivity index (χ1v) is 3.73. The van der Waals surface area contributed by atoms with Crippen molar-refractivity contribution in [2.24, 2.45) is 5.73 Å². The molecule has 4 nitrogen and oxygen atoms in total. The monoisotopic (exact) mass is 164 g/mol. The highest BCUT2D eigenvalue weighted by molar-refractivity contribution is 6.04. The molecule has 2 rings (SSSR count). The van der Waals surface area contributed by atoms with E-state index in [1.165, 1.54) is 6.20 Å². The third kappa shape index (κ3) is 0.777. The number of amides is 1. The zero-order valence-corrected chi connectivity index (χ0v) is 6.39. The van der Waals surface area contributed by atoms with Crippen molar-refractivity contribution in [2.75, 3.05) is 0 Å². The third-order valence-electron chi connectivity index (χ3n) is 2.13. The average molecular weight is 164 g/mol. The number of nitrogens with two attached hydrogens (primary N) is 1. The summed E-state index contributed by atoms with van der Waals surface area (Å²) < 4.78 is 0. The third-order valence-corrected chi connectivity index (χ3v) is 2.13. The maximum atomic E-state index is 11.1. The van der Waals surface area contributed by atoms with Crippen molar-refractivity contribution in [3.8, 4) is 0 Å². The van der Waals surface area contributed by atoms with Crippen molar-refractivity contribution < 1.29 is 9.59 Å². The second kappa shape index (κ2) is 2.20. The number of carbonyl (C=O) groups is 2. The number of hydrogen-bond acceptors (Lipinski definition) is 2. The van der Waals surface area contributed by atoms with Gasteiger partial charge in [-0.1, -0.05) is 0 Å². The van der Waals surface area contributed by atoms with E-state index in [0.717, 1.165) is 5.56 Å². The van der Waals surface area contributed by atoms with Gasteiger partial charge in [0.25, 0.3) is 5.91 Å². The minimum Gasteiger partial charge on any atom is -0.366 e. The molecule has 0 unspecified atom stereocenters. The molecule has 3 N–H and O–H groups in total. The van der Waals surface area contributed by atoms with Crippen LogP contribution in [0.2, 0.25) is 0 Å². The molecular weight excluding hydrogens is 156 g/mol. The lowest BCUT2D eigenvalue weighted by Crippen LogP contribution is -2.11. The number of hydrogen-bond donors (Lipinski definition) is 2. The number of H-pyrrole nitrogens is 1. The zero-order chi connectivity index (χ0) is 8.72. The Morgan fingerprint density at radius 2 is 2.25 bits per heavy atom. The van der Waals surface area contributed by atoms with Crippen LogP contribution in [0.1, 0.15) is 32.8 Å². The number of nitrogens with one attached hydrogen (secondary N) is 1. The van der Waals surface area contributed by atoms with Crippen molar-refractivity contribution in [1.82, 2.24) is 4.98 Å². The first-order valence-electron chi connectivity index (χ1n) is 3.73. The molecule has 0 aliphatic heterocycles. The summed E-state index contributed by atoms with van der Waals surface area (Å²) in [6.07, 6.45) is 2.63. The summed E-state index contributed by atoms with van der Waals surface area (Å²) in [6, 6.07) is 0. The molecule has 62 valence electrons. The van der Waals surface area contributed by atoms with Crippen LogP contribution in [0.3, 0.4) is 0 Å².